The van der Waals surface area contributed by atoms with Gasteiger partial charge in [0.05, 0.1) is 0 Å². The van der Waals surface area contributed by atoms with Crippen molar-refractivity contribution in [1.82, 2.24) is 10.6 Å². The molecule has 1 aromatic rings. The van der Waals surface area contributed by atoms with Gasteiger partial charge in [0, 0.05) is 18.2 Å². The van der Waals surface area contributed by atoms with Gasteiger partial charge in [-0.2, -0.15) is 0 Å². The third kappa shape index (κ3) is 4.06. The molecule has 2 nitrogen and oxygen atoms in total. The van der Waals surface area contributed by atoms with Gasteiger partial charge in [-0.25, -0.2) is 8.78 Å². The zero-order valence-electron chi connectivity index (χ0n) is 9.81. The Kier molecular flexibility index (Phi) is 4.45. The van der Waals surface area contributed by atoms with Crippen molar-refractivity contribution in [3.05, 3.63) is 35.4 Å². The molecule has 4 heteroatoms. The normalized spacial score (nSPS) is 15.2. The summed E-state index contributed by atoms with van der Waals surface area (Å²) in [6.07, 6.45) is 3.55. The van der Waals surface area contributed by atoms with E-state index < -0.39 is 11.6 Å². The molecule has 0 aliphatic heterocycles. The highest BCUT2D eigenvalue weighted by atomic mass is 19.1. The Bertz CT molecular complexity index is 344. The lowest BCUT2D eigenvalue weighted by molar-refractivity contribution is 0.527. The Morgan fingerprint density at radius 2 is 1.82 bits per heavy atom. The van der Waals surface area contributed by atoms with Crippen molar-refractivity contribution < 1.29 is 8.78 Å². The first-order valence-electron chi connectivity index (χ1n) is 6.14. The lowest BCUT2D eigenvalue weighted by Crippen LogP contribution is -2.23. The second-order valence-corrected chi connectivity index (χ2v) is 4.46. The molecule has 1 aromatic carbocycles. The fourth-order valence-electron chi connectivity index (χ4n) is 1.72. The molecular formula is C13H18F2N2. The number of rotatable bonds is 7. The first-order chi connectivity index (χ1) is 8.27. The van der Waals surface area contributed by atoms with Gasteiger partial charge in [-0.05, 0) is 44.5 Å². The van der Waals surface area contributed by atoms with E-state index in [1.54, 1.807) is 0 Å². The highest BCUT2D eigenvalue weighted by molar-refractivity contribution is 5.19. The molecule has 17 heavy (non-hydrogen) atoms. The van der Waals surface area contributed by atoms with Crippen LogP contribution < -0.4 is 10.6 Å². The summed E-state index contributed by atoms with van der Waals surface area (Å²) in [6, 6.07) is 4.68. The highest BCUT2D eigenvalue weighted by Crippen LogP contribution is 2.18. The molecule has 1 aliphatic carbocycles. The van der Waals surface area contributed by atoms with Crippen molar-refractivity contribution in [1.29, 1.82) is 0 Å². The average molecular weight is 240 g/mol. The summed E-state index contributed by atoms with van der Waals surface area (Å²) < 4.78 is 26.5. The van der Waals surface area contributed by atoms with Crippen LogP contribution in [0, 0.1) is 11.6 Å². The molecule has 0 bridgehead atoms. The Morgan fingerprint density at radius 3 is 2.47 bits per heavy atom. The lowest BCUT2D eigenvalue weighted by atomic mass is 10.2. The maximum atomic E-state index is 13.2. The minimum atomic E-state index is -0.478. The van der Waals surface area contributed by atoms with Crippen molar-refractivity contribution in [2.75, 3.05) is 13.1 Å². The Labute approximate surface area is 100 Å². The molecule has 0 aromatic heterocycles. The molecule has 1 fully saturated rings. The quantitative estimate of drug-likeness (QED) is 0.714. The minimum Gasteiger partial charge on any atom is -0.314 e. The van der Waals surface area contributed by atoms with E-state index >= 15 is 0 Å². The smallest absolute Gasteiger partial charge is 0.130 e. The van der Waals surface area contributed by atoms with Crippen LogP contribution in [0.15, 0.2) is 18.2 Å². The first-order valence-corrected chi connectivity index (χ1v) is 6.14. The van der Waals surface area contributed by atoms with E-state index in [1.807, 2.05) is 0 Å². The van der Waals surface area contributed by atoms with Gasteiger partial charge in [-0.15, -0.1) is 0 Å². The van der Waals surface area contributed by atoms with E-state index in [9.17, 15) is 8.78 Å². The zero-order chi connectivity index (χ0) is 12.1. The fraction of sp³-hybridized carbons (Fsp3) is 0.538. The monoisotopic (exact) mass is 240 g/mol. The second-order valence-electron chi connectivity index (χ2n) is 4.46. The van der Waals surface area contributed by atoms with Crippen LogP contribution in [-0.2, 0) is 6.54 Å². The van der Waals surface area contributed by atoms with Gasteiger partial charge >= 0.3 is 0 Å². The molecule has 1 aliphatic rings. The van der Waals surface area contributed by atoms with Crippen molar-refractivity contribution in [2.45, 2.75) is 31.8 Å². The molecule has 0 unspecified atom stereocenters. The molecule has 0 amide bonds. The fourth-order valence-corrected chi connectivity index (χ4v) is 1.72. The summed E-state index contributed by atoms with van der Waals surface area (Å²) in [5.41, 5.74) is 0.127. The van der Waals surface area contributed by atoms with Gasteiger partial charge < -0.3 is 10.6 Å². The maximum absolute atomic E-state index is 13.2. The maximum Gasteiger partial charge on any atom is 0.130 e. The predicted molar refractivity (Wildman–Crippen MR) is 63.7 cm³/mol. The standard InChI is InChI=1S/C13H18F2N2/c14-12-3-1-4-13(15)11(12)9-16-7-2-8-17-10-5-6-10/h1,3-4,10,16-17H,2,5-9H2. The number of nitrogens with one attached hydrogen (secondary N) is 2. The summed E-state index contributed by atoms with van der Waals surface area (Å²) >= 11 is 0. The molecule has 94 valence electrons. The molecule has 0 spiro atoms. The highest BCUT2D eigenvalue weighted by Gasteiger charge is 2.19. The van der Waals surface area contributed by atoms with Crippen molar-refractivity contribution in [3.63, 3.8) is 0 Å². The van der Waals surface area contributed by atoms with E-state index in [2.05, 4.69) is 10.6 Å². The molecule has 0 radical (unpaired) electrons. The van der Waals surface area contributed by atoms with E-state index in [4.69, 9.17) is 0 Å². The minimum absolute atomic E-state index is 0.127. The lowest BCUT2D eigenvalue weighted by Gasteiger charge is -2.07. The van der Waals surface area contributed by atoms with Crippen molar-refractivity contribution >= 4 is 0 Å². The van der Waals surface area contributed by atoms with Crippen LogP contribution in [0.1, 0.15) is 24.8 Å². The largest absolute Gasteiger partial charge is 0.314 e. The van der Waals surface area contributed by atoms with E-state index in [0.717, 1.165) is 25.6 Å². The molecular weight excluding hydrogens is 222 g/mol. The Balaban J connectivity index is 1.63. The van der Waals surface area contributed by atoms with Crippen molar-refractivity contribution in [2.24, 2.45) is 0 Å². The average Bonchev–Trinajstić information content (AvgIpc) is 3.10. The molecule has 0 atom stereocenters. The van der Waals surface area contributed by atoms with E-state index in [-0.39, 0.29) is 12.1 Å². The van der Waals surface area contributed by atoms with Crippen LogP contribution in [0.2, 0.25) is 0 Å². The molecule has 0 saturated heterocycles. The number of halogens is 2. The van der Waals surface area contributed by atoms with Crippen LogP contribution in [0.4, 0.5) is 8.78 Å². The van der Waals surface area contributed by atoms with Gasteiger partial charge in [0.15, 0.2) is 0 Å². The summed E-state index contributed by atoms with van der Waals surface area (Å²) in [7, 11) is 0. The zero-order valence-corrected chi connectivity index (χ0v) is 9.81. The summed E-state index contributed by atoms with van der Waals surface area (Å²) in [5, 5.41) is 6.45. The van der Waals surface area contributed by atoms with Crippen LogP contribution in [0.5, 0.6) is 0 Å². The Hall–Kier alpha value is -1.00. The third-order valence-corrected chi connectivity index (χ3v) is 2.90. The molecule has 2 N–H and O–H groups in total. The predicted octanol–water partition coefficient (Wildman–Crippen LogP) is 2.20. The van der Waals surface area contributed by atoms with Crippen LogP contribution in [0.3, 0.4) is 0 Å². The van der Waals surface area contributed by atoms with E-state index in [0.29, 0.717) is 0 Å². The summed E-state index contributed by atoms with van der Waals surface area (Å²) in [6.45, 7) is 1.99. The SMILES string of the molecule is Fc1cccc(F)c1CNCCCNC1CC1. The number of hydrogen-bond acceptors (Lipinski definition) is 2. The molecule has 2 rings (SSSR count). The number of hydrogen-bond donors (Lipinski definition) is 2. The van der Waals surface area contributed by atoms with E-state index in [1.165, 1.54) is 31.0 Å². The van der Waals surface area contributed by atoms with Crippen LogP contribution >= 0.6 is 0 Å². The van der Waals surface area contributed by atoms with Crippen LogP contribution in [0.25, 0.3) is 0 Å². The summed E-state index contributed by atoms with van der Waals surface area (Å²) in [4.78, 5) is 0. The molecule has 0 heterocycles. The summed E-state index contributed by atoms with van der Waals surface area (Å²) in [5.74, 6) is -0.956. The van der Waals surface area contributed by atoms with Gasteiger partial charge in [-0.3, -0.25) is 0 Å². The van der Waals surface area contributed by atoms with Gasteiger partial charge in [0.2, 0.25) is 0 Å². The van der Waals surface area contributed by atoms with Gasteiger partial charge in [0.25, 0.3) is 0 Å². The Morgan fingerprint density at radius 1 is 1.12 bits per heavy atom. The van der Waals surface area contributed by atoms with Crippen LogP contribution in [-0.4, -0.2) is 19.1 Å². The topological polar surface area (TPSA) is 24.1 Å². The first kappa shape index (κ1) is 12.5. The van der Waals surface area contributed by atoms with Gasteiger partial charge in [0.1, 0.15) is 11.6 Å². The van der Waals surface area contributed by atoms with Crippen molar-refractivity contribution in [3.8, 4) is 0 Å². The molecule has 1 saturated carbocycles. The second kappa shape index (κ2) is 6.07. The van der Waals surface area contributed by atoms with Gasteiger partial charge in [-0.1, -0.05) is 6.07 Å². The number of benzene rings is 1. The third-order valence-electron chi connectivity index (χ3n) is 2.90.